The van der Waals surface area contributed by atoms with E-state index in [4.69, 9.17) is 9.47 Å². The molecule has 1 rings (SSSR count). The summed E-state index contributed by atoms with van der Waals surface area (Å²) in [5.74, 6) is -0.306. The molecule has 0 aliphatic heterocycles. The molecular weight excluding hydrogens is 292 g/mol. The fraction of sp³-hybridized carbons (Fsp3) is 0.579. The summed E-state index contributed by atoms with van der Waals surface area (Å²) in [6.07, 6.45) is 9.58. The fourth-order valence-corrected chi connectivity index (χ4v) is 3.14. The number of hydrogen-bond donors (Lipinski definition) is 0. The van der Waals surface area contributed by atoms with Crippen molar-refractivity contribution < 1.29 is 19.1 Å². The Morgan fingerprint density at radius 3 is 2.48 bits per heavy atom. The van der Waals surface area contributed by atoms with Crippen LogP contribution in [0.5, 0.6) is 0 Å². The van der Waals surface area contributed by atoms with E-state index in [-0.39, 0.29) is 17.4 Å². The molecule has 0 bridgehead atoms. The summed E-state index contributed by atoms with van der Waals surface area (Å²) in [6, 6.07) is 0. The van der Waals surface area contributed by atoms with Gasteiger partial charge in [0.15, 0.2) is 0 Å². The van der Waals surface area contributed by atoms with Crippen LogP contribution in [-0.2, 0) is 19.1 Å². The van der Waals surface area contributed by atoms with E-state index in [1.807, 2.05) is 0 Å². The molecule has 1 unspecified atom stereocenters. The molecular formula is C19H28O4. The number of ether oxygens (including phenoxy) is 2. The highest BCUT2D eigenvalue weighted by atomic mass is 16.5. The van der Waals surface area contributed by atoms with Crippen LogP contribution in [0.15, 0.2) is 36.3 Å². The third kappa shape index (κ3) is 6.85. The van der Waals surface area contributed by atoms with E-state index in [2.05, 4.69) is 20.4 Å². The van der Waals surface area contributed by atoms with Gasteiger partial charge in [0.25, 0.3) is 0 Å². The minimum atomic E-state index is -0.380. The van der Waals surface area contributed by atoms with Crippen molar-refractivity contribution in [3.05, 3.63) is 36.3 Å². The zero-order valence-electron chi connectivity index (χ0n) is 14.7. The second-order valence-electron chi connectivity index (χ2n) is 6.81. The van der Waals surface area contributed by atoms with Gasteiger partial charge in [0, 0.05) is 13.8 Å². The van der Waals surface area contributed by atoms with E-state index < -0.39 is 0 Å². The lowest BCUT2D eigenvalue weighted by molar-refractivity contribution is -0.136. The highest BCUT2D eigenvalue weighted by molar-refractivity contribution is 5.67. The van der Waals surface area contributed by atoms with Gasteiger partial charge < -0.3 is 9.47 Å². The first-order chi connectivity index (χ1) is 10.7. The summed E-state index contributed by atoms with van der Waals surface area (Å²) in [7, 11) is 0. The lowest BCUT2D eigenvalue weighted by Crippen LogP contribution is -2.29. The van der Waals surface area contributed by atoms with Gasteiger partial charge in [-0.25, -0.2) is 0 Å². The predicted molar refractivity (Wildman–Crippen MR) is 90.3 cm³/mol. The third-order valence-electron chi connectivity index (χ3n) is 4.37. The van der Waals surface area contributed by atoms with E-state index in [0.29, 0.717) is 5.92 Å². The van der Waals surface area contributed by atoms with Gasteiger partial charge in [-0.15, -0.1) is 0 Å². The van der Waals surface area contributed by atoms with Crippen molar-refractivity contribution in [3.63, 3.8) is 0 Å². The normalized spacial score (nSPS) is 21.3. The third-order valence-corrected chi connectivity index (χ3v) is 4.37. The Kier molecular flexibility index (Phi) is 7.27. The zero-order chi connectivity index (χ0) is 17.5. The van der Waals surface area contributed by atoms with Gasteiger partial charge in [-0.2, -0.15) is 0 Å². The summed E-state index contributed by atoms with van der Waals surface area (Å²) in [6.45, 7) is 11.5. The molecule has 1 atom stereocenters. The maximum Gasteiger partial charge on any atom is 0.307 e. The maximum absolute atomic E-state index is 11.0. The number of rotatable bonds is 6. The second-order valence-corrected chi connectivity index (χ2v) is 6.81. The Labute approximate surface area is 139 Å². The molecule has 1 fully saturated rings. The Morgan fingerprint density at radius 2 is 1.91 bits per heavy atom. The Bertz CT molecular complexity index is 511. The van der Waals surface area contributed by atoms with Crippen LogP contribution in [0.2, 0.25) is 0 Å². The largest absolute Gasteiger partial charge is 0.435 e. The zero-order valence-corrected chi connectivity index (χ0v) is 14.7. The Morgan fingerprint density at radius 1 is 1.26 bits per heavy atom. The van der Waals surface area contributed by atoms with Crippen LogP contribution in [-0.4, -0.2) is 11.9 Å². The van der Waals surface area contributed by atoms with Gasteiger partial charge in [0.05, 0.1) is 12.5 Å². The first kappa shape index (κ1) is 19.2. The molecule has 0 aromatic carbocycles. The molecule has 1 aliphatic carbocycles. The highest BCUT2D eigenvalue weighted by Gasteiger charge is 2.33. The molecule has 0 heterocycles. The van der Waals surface area contributed by atoms with Gasteiger partial charge in [0.2, 0.25) is 0 Å². The molecule has 0 saturated heterocycles. The van der Waals surface area contributed by atoms with Crippen LogP contribution in [0.25, 0.3) is 0 Å². The molecule has 0 N–H and O–H groups in total. The predicted octanol–water partition coefficient (Wildman–Crippen LogP) is 4.67. The lowest BCUT2D eigenvalue weighted by Gasteiger charge is -2.40. The van der Waals surface area contributed by atoms with Gasteiger partial charge in [-0.05, 0) is 55.1 Å². The van der Waals surface area contributed by atoms with E-state index >= 15 is 0 Å². The maximum atomic E-state index is 11.0. The average Bonchev–Trinajstić information content (AvgIpc) is 2.42. The van der Waals surface area contributed by atoms with Crippen molar-refractivity contribution in [1.82, 2.24) is 0 Å². The minimum Gasteiger partial charge on any atom is -0.435 e. The van der Waals surface area contributed by atoms with E-state index in [1.165, 1.54) is 44.8 Å². The highest BCUT2D eigenvalue weighted by Crippen LogP contribution is 2.45. The number of esters is 2. The summed E-state index contributed by atoms with van der Waals surface area (Å²) < 4.78 is 9.78. The van der Waals surface area contributed by atoms with Gasteiger partial charge >= 0.3 is 11.9 Å². The number of carbonyl (C=O) groups is 2. The molecule has 23 heavy (non-hydrogen) atoms. The molecule has 0 radical (unpaired) electrons. The Balaban J connectivity index is 2.74. The first-order valence-electron chi connectivity index (χ1n) is 8.10. The molecule has 4 heteroatoms. The SMILES string of the molecule is C=C1CCCC(C)(C)C1CCC(/C=C/OC(C)=O)=C\OC(C)=O. The summed E-state index contributed by atoms with van der Waals surface area (Å²) >= 11 is 0. The lowest BCUT2D eigenvalue weighted by atomic mass is 9.65. The average molecular weight is 320 g/mol. The minimum absolute atomic E-state index is 0.238. The van der Waals surface area contributed by atoms with Crippen molar-refractivity contribution >= 4 is 11.9 Å². The molecule has 4 nitrogen and oxygen atoms in total. The van der Waals surface area contributed by atoms with Crippen molar-refractivity contribution in [2.45, 2.75) is 59.8 Å². The number of allylic oxidation sites excluding steroid dienone is 3. The van der Waals surface area contributed by atoms with Gasteiger partial charge in [-0.1, -0.05) is 26.0 Å². The van der Waals surface area contributed by atoms with Crippen LogP contribution in [0.1, 0.15) is 59.8 Å². The quantitative estimate of drug-likeness (QED) is 0.309. The Hall–Kier alpha value is -1.84. The summed E-state index contributed by atoms with van der Waals surface area (Å²) in [5, 5.41) is 0. The molecule has 0 aromatic rings. The van der Waals surface area contributed by atoms with Gasteiger partial charge in [-0.3, -0.25) is 9.59 Å². The molecule has 0 spiro atoms. The standard InChI is InChI=1S/C19H28O4/c1-14-7-6-11-19(4,5)18(14)9-8-17(13-23-16(3)21)10-12-22-15(2)20/h10,12-13,18H,1,6-9,11H2,2-5H3/b12-10+,17-13+. The van der Waals surface area contributed by atoms with E-state index in [9.17, 15) is 9.59 Å². The van der Waals surface area contributed by atoms with E-state index in [1.54, 1.807) is 6.08 Å². The number of hydrogen-bond acceptors (Lipinski definition) is 4. The van der Waals surface area contributed by atoms with Crippen molar-refractivity contribution in [3.8, 4) is 0 Å². The van der Waals surface area contributed by atoms with Crippen LogP contribution < -0.4 is 0 Å². The van der Waals surface area contributed by atoms with Crippen LogP contribution in [0.4, 0.5) is 0 Å². The summed E-state index contributed by atoms with van der Waals surface area (Å²) in [5.41, 5.74) is 2.36. The molecule has 128 valence electrons. The monoisotopic (exact) mass is 320 g/mol. The van der Waals surface area contributed by atoms with Crippen LogP contribution in [0, 0.1) is 11.3 Å². The van der Waals surface area contributed by atoms with Gasteiger partial charge in [0.1, 0.15) is 0 Å². The molecule has 0 amide bonds. The van der Waals surface area contributed by atoms with Crippen molar-refractivity contribution in [2.75, 3.05) is 0 Å². The molecule has 1 aliphatic rings. The first-order valence-corrected chi connectivity index (χ1v) is 8.10. The smallest absolute Gasteiger partial charge is 0.307 e. The molecule has 0 aromatic heterocycles. The summed E-state index contributed by atoms with van der Waals surface area (Å²) in [4.78, 5) is 21.8. The molecule has 1 saturated carbocycles. The second kappa shape index (κ2) is 8.70. The number of carbonyl (C=O) groups excluding carboxylic acids is 2. The fourth-order valence-electron chi connectivity index (χ4n) is 3.14. The topological polar surface area (TPSA) is 52.6 Å². The van der Waals surface area contributed by atoms with Crippen LogP contribution in [0.3, 0.4) is 0 Å². The van der Waals surface area contributed by atoms with Crippen LogP contribution >= 0.6 is 0 Å². The van der Waals surface area contributed by atoms with Crippen molar-refractivity contribution in [1.29, 1.82) is 0 Å². The van der Waals surface area contributed by atoms with E-state index in [0.717, 1.165) is 24.8 Å². The van der Waals surface area contributed by atoms with Crippen molar-refractivity contribution in [2.24, 2.45) is 11.3 Å².